The van der Waals surface area contributed by atoms with Gasteiger partial charge in [-0.2, -0.15) is 0 Å². The number of hydrogen-bond donors (Lipinski definition) is 0. The van der Waals surface area contributed by atoms with Crippen molar-refractivity contribution in [2.75, 3.05) is 18.6 Å². The minimum atomic E-state index is -2.78. The maximum absolute atomic E-state index is 11.4. The summed E-state index contributed by atoms with van der Waals surface area (Å²) in [7, 11) is -1.14. The van der Waals surface area contributed by atoms with Crippen LogP contribution in [0.15, 0.2) is 24.5 Å². The van der Waals surface area contributed by atoms with Crippen LogP contribution in [0.5, 0.6) is 5.75 Å². The minimum Gasteiger partial charge on any atom is -0.495 e. The monoisotopic (exact) mass is 294 g/mol. The highest BCUT2D eigenvalue weighted by molar-refractivity contribution is 7.91. The Morgan fingerprint density at radius 1 is 1.30 bits per heavy atom. The van der Waals surface area contributed by atoms with Crippen LogP contribution in [0.1, 0.15) is 18.5 Å². The number of ether oxygens (including phenoxy) is 1. The summed E-state index contributed by atoms with van der Waals surface area (Å²) >= 11 is 0. The zero-order valence-corrected chi connectivity index (χ0v) is 12.3. The van der Waals surface area contributed by atoms with Crippen molar-refractivity contribution >= 4 is 15.5 Å². The SMILES string of the molecule is COc1ccc2nc(CC3CCS(=O)(=O)CC3)cn2c1. The molecule has 2 aromatic heterocycles. The highest BCUT2D eigenvalue weighted by Gasteiger charge is 2.24. The van der Waals surface area contributed by atoms with Gasteiger partial charge in [-0.1, -0.05) is 0 Å². The fraction of sp³-hybridized carbons (Fsp3) is 0.500. The van der Waals surface area contributed by atoms with Gasteiger partial charge in [0, 0.05) is 6.20 Å². The molecule has 1 saturated heterocycles. The Balaban J connectivity index is 1.75. The lowest BCUT2D eigenvalue weighted by Gasteiger charge is -2.20. The predicted molar refractivity (Wildman–Crippen MR) is 76.8 cm³/mol. The number of aromatic nitrogens is 2. The van der Waals surface area contributed by atoms with Crippen LogP contribution in [0.3, 0.4) is 0 Å². The van der Waals surface area contributed by atoms with Gasteiger partial charge in [-0.05, 0) is 37.3 Å². The zero-order chi connectivity index (χ0) is 14.2. The Bertz CT molecular complexity index is 707. The van der Waals surface area contributed by atoms with E-state index in [1.54, 1.807) is 7.11 Å². The molecule has 0 unspecified atom stereocenters. The van der Waals surface area contributed by atoms with Crippen LogP contribution in [-0.2, 0) is 16.3 Å². The lowest BCUT2D eigenvalue weighted by atomic mass is 9.97. The maximum atomic E-state index is 11.4. The van der Waals surface area contributed by atoms with Gasteiger partial charge in [0.25, 0.3) is 0 Å². The average molecular weight is 294 g/mol. The Morgan fingerprint density at radius 3 is 2.75 bits per heavy atom. The summed E-state index contributed by atoms with van der Waals surface area (Å²) in [5.41, 5.74) is 1.91. The third-order valence-corrected chi connectivity index (χ3v) is 5.60. The molecule has 5 nitrogen and oxygen atoms in total. The first-order valence-corrected chi connectivity index (χ1v) is 8.60. The third-order valence-electron chi connectivity index (χ3n) is 3.88. The third kappa shape index (κ3) is 2.80. The molecule has 0 N–H and O–H groups in total. The number of methoxy groups -OCH3 is 1. The van der Waals surface area contributed by atoms with Crippen LogP contribution < -0.4 is 4.74 Å². The molecule has 20 heavy (non-hydrogen) atoms. The molecule has 0 bridgehead atoms. The van der Waals surface area contributed by atoms with Crippen molar-refractivity contribution in [3.05, 3.63) is 30.2 Å². The normalized spacial score (nSPS) is 19.2. The number of nitrogens with zero attached hydrogens (tertiary/aromatic N) is 2. The molecular weight excluding hydrogens is 276 g/mol. The summed E-state index contributed by atoms with van der Waals surface area (Å²) in [6, 6.07) is 3.81. The van der Waals surface area contributed by atoms with Crippen LogP contribution in [0.2, 0.25) is 0 Å². The first-order chi connectivity index (χ1) is 9.55. The number of imidazole rings is 1. The lowest BCUT2D eigenvalue weighted by molar-refractivity contribution is 0.412. The maximum Gasteiger partial charge on any atom is 0.150 e. The number of fused-ring (bicyclic) bond motifs is 1. The van der Waals surface area contributed by atoms with E-state index >= 15 is 0 Å². The van der Waals surface area contributed by atoms with E-state index in [-0.39, 0.29) is 0 Å². The summed E-state index contributed by atoms with van der Waals surface area (Å²) < 4.78 is 30.0. The van der Waals surface area contributed by atoms with Gasteiger partial charge >= 0.3 is 0 Å². The fourth-order valence-electron chi connectivity index (χ4n) is 2.68. The van der Waals surface area contributed by atoms with Crippen LogP contribution in [0.25, 0.3) is 5.65 Å². The summed E-state index contributed by atoms with van der Waals surface area (Å²) in [5.74, 6) is 1.85. The smallest absolute Gasteiger partial charge is 0.150 e. The van der Waals surface area contributed by atoms with Crippen molar-refractivity contribution in [1.29, 1.82) is 0 Å². The van der Waals surface area contributed by atoms with Crippen molar-refractivity contribution in [3.8, 4) is 5.75 Å². The molecule has 108 valence electrons. The molecule has 0 saturated carbocycles. The lowest BCUT2D eigenvalue weighted by Crippen LogP contribution is -2.24. The molecule has 0 atom stereocenters. The molecule has 1 aliphatic rings. The Morgan fingerprint density at radius 2 is 2.05 bits per heavy atom. The van der Waals surface area contributed by atoms with Gasteiger partial charge < -0.3 is 9.14 Å². The van der Waals surface area contributed by atoms with Crippen LogP contribution in [0.4, 0.5) is 0 Å². The van der Waals surface area contributed by atoms with Gasteiger partial charge in [0.15, 0.2) is 0 Å². The summed E-state index contributed by atoms with van der Waals surface area (Å²) in [6.07, 6.45) is 6.25. The second-order valence-corrected chi connectivity index (χ2v) is 7.67. The summed E-state index contributed by atoms with van der Waals surface area (Å²) in [5, 5.41) is 0. The first kappa shape index (κ1) is 13.4. The van der Waals surface area contributed by atoms with Gasteiger partial charge in [-0.3, -0.25) is 0 Å². The Labute approximate surface area is 118 Å². The van der Waals surface area contributed by atoms with E-state index in [4.69, 9.17) is 4.74 Å². The Kier molecular flexibility index (Phi) is 3.41. The average Bonchev–Trinajstić information content (AvgIpc) is 2.82. The molecule has 0 spiro atoms. The molecule has 1 fully saturated rings. The topological polar surface area (TPSA) is 60.7 Å². The van der Waals surface area contributed by atoms with Crippen molar-refractivity contribution in [2.45, 2.75) is 19.3 Å². The van der Waals surface area contributed by atoms with E-state index in [0.29, 0.717) is 17.4 Å². The molecule has 3 heterocycles. The standard InChI is InChI=1S/C14H18N2O3S/c1-19-13-2-3-14-15-12(9-16(14)10-13)8-11-4-6-20(17,18)7-5-11/h2-3,9-11H,4-8H2,1H3. The molecule has 3 rings (SSSR count). The highest BCUT2D eigenvalue weighted by Crippen LogP contribution is 2.23. The summed E-state index contributed by atoms with van der Waals surface area (Å²) in [6.45, 7) is 0. The Hall–Kier alpha value is -1.56. The van der Waals surface area contributed by atoms with Crippen molar-refractivity contribution in [3.63, 3.8) is 0 Å². The minimum absolute atomic E-state index is 0.318. The van der Waals surface area contributed by atoms with Crippen molar-refractivity contribution in [1.82, 2.24) is 9.38 Å². The van der Waals surface area contributed by atoms with Gasteiger partial charge in [0.05, 0.1) is 30.5 Å². The van der Waals surface area contributed by atoms with E-state index in [0.717, 1.165) is 36.4 Å². The molecule has 0 aliphatic carbocycles. The van der Waals surface area contributed by atoms with Crippen LogP contribution in [-0.4, -0.2) is 36.4 Å². The highest BCUT2D eigenvalue weighted by atomic mass is 32.2. The molecule has 6 heteroatoms. The van der Waals surface area contributed by atoms with E-state index in [9.17, 15) is 8.42 Å². The number of sulfone groups is 1. The van der Waals surface area contributed by atoms with Crippen LogP contribution >= 0.6 is 0 Å². The van der Waals surface area contributed by atoms with Crippen molar-refractivity contribution < 1.29 is 13.2 Å². The van der Waals surface area contributed by atoms with Gasteiger partial charge in [0.1, 0.15) is 21.2 Å². The molecule has 0 amide bonds. The van der Waals surface area contributed by atoms with E-state index in [1.807, 2.05) is 28.9 Å². The number of rotatable bonds is 3. The largest absolute Gasteiger partial charge is 0.495 e. The molecule has 0 radical (unpaired) electrons. The predicted octanol–water partition coefficient (Wildman–Crippen LogP) is 1.71. The second-order valence-electron chi connectivity index (χ2n) is 5.37. The van der Waals surface area contributed by atoms with Gasteiger partial charge in [-0.15, -0.1) is 0 Å². The quantitative estimate of drug-likeness (QED) is 0.864. The zero-order valence-electron chi connectivity index (χ0n) is 11.4. The second kappa shape index (κ2) is 5.09. The van der Waals surface area contributed by atoms with Gasteiger partial charge in [0.2, 0.25) is 0 Å². The van der Waals surface area contributed by atoms with E-state index in [1.165, 1.54) is 0 Å². The molecule has 1 aliphatic heterocycles. The van der Waals surface area contributed by atoms with Gasteiger partial charge in [-0.25, -0.2) is 13.4 Å². The van der Waals surface area contributed by atoms with E-state index in [2.05, 4.69) is 4.98 Å². The molecule has 2 aromatic rings. The van der Waals surface area contributed by atoms with Crippen LogP contribution in [0, 0.1) is 5.92 Å². The number of pyridine rings is 1. The fourth-order valence-corrected chi connectivity index (χ4v) is 4.27. The number of hydrogen-bond acceptors (Lipinski definition) is 4. The first-order valence-electron chi connectivity index (χ1n) is 6.78. The van der Waals surface area contributed by atoms with E-state index < -0.39 is 9.84 Å². The molecular formula is C14H18N2O3S. The summed E-state index contributed by atoms with van der Waals surface area (Å²) in [4.78, 5) is 4.58. The molecule has 0 aromatic carbocycles. The van der Waals surface area contributed by atoms with Crippen molar-refractivity contribution in [2.24, 2.45) is 5.92 Å².